The van der Waals surface area contributed by atoms with E-state index in [1.165, 1.54) is 4.90 Å². The minimum Gasteiger partial charge on any atom is -0.448 e. The van der Waals surface area contributed by atoms with Gasteiger partial charge in [0, 0.05) is 36.2 Å². The third-order valence-electron chi connectivity index (χ3n) is 4.76. The van der Waals surface area contributed by atoms with Crippen LogP contribution in [-0.2, 0) is 14.3 Å². The highest BCUT2D eigenvalue weighted by Gasteiger charge is 2.24. The molecule has 10 nitrogen and oxygen atoms in total. The Morgan fingerprint density at radius 3 is 2.50 bits per heavy atom. The van der Waals surface area contributed by atoms with Gasteiger partial charge in [-0.15, -0.1) is 0 Å². The molecule has 0 bridgehead atoms. The zero-order valence-electron chi connectivity index (χ0n) is 16.8. The maximum atomic E-state index is 12.1. The Hall–Kier alpha value is -3.40. The van der Waals surface area contributed by atoms with Crippen molar-refractivity contribution < 1.29 is 19.1 Å². The summed E-state index contributed by atoms with van der Waals surface area (Å²) in [6, 6.07) is 9.17. The van der Waals surface area contributed by atoms with Gasteiger partial charge in [0.05, 0.1) is 19.8 Å². The van der Waals surface area contributed by atoms with E-state index >= 15 is 0 Å². The number of amides is 2. The Balaban J connectivity index is 1.37. The van der Waals surface area contributed by atoms with Crippen molar-refractivity contribution in [1.29, 1.82) is 0 Å². The number of rotatable bonds is 6. The lowest BCUT2D eigenvalue weighted by Crippen LogP contribution is -2.37. The molecule has 4 rings (SSSR count). The average Bonchev–Trinajstić information content (AvgIpc) is 3.14. The van der Waals surface area contributed by atoms with Crippen molar-refractivity contribution in [2.75, 3.05) is 61.5 Å². The first kappa shape index (κ1) is 19.9. The van der Waals surface area contributed by atoms with Gasteiger partial charge in [0.2, 0.25) is 11.9 Å². The number of aromatic nitrogens is 2. The monoisotopic (exact) mass is 412 g/mol. The molecule has 0 radical (unpaired) electrons. The van der Waals surface area contributed by atoms with Gasteiger partial charge in [0.25, 0.3) is 0 Å². The molecular weight excluding hydrogens is 388 g/mol. The minimum absolute atomic E-state index is 0.0244. The van der Waals surface area contributed by atoms with Crippen molar-refractivity contribution in [3.63, 3.8) is 0 Å². The largest absolute Gasteiger partial charge is 0.448 e. The molecule has 10 heteroatoms. The van der Waals surface area contributed by atoms with Crippen LogP contribution in [0.2, 0.25) is 0 Å². The lowest BCUT2D eigenvalue weighted by Gasteiger charge is -2.27. The van der Waals surface area contributed by atoms with E-state index in [2.05, 4.69) is 25.5 Å². The molecule has 158 valence electrons. The number of aryl methyl sites for hydroxylation is 1. The van der Waals surface area contributed by atoms with Gasteiger partial charge in [-0.3, -0.25) is 9.69 Å². The van der Waals surface area contributed by atoms with Crippen LogP contribution in [0.4, 0.5) is 27.9 Å². The molecule has 0 saturated carbocycles. The Labute approximate surface area is 174 Å². The molecule has 3 heterocycles. The molecule has 2 aliphatic rings. The molecule has 0 aliphatic carbocycles. The van der Waals surface area contributed by atoms with Gasteiger partial charge < -0.3 is 25.0 Å². The molecule has 1 aromatic carbocycles. The number of benzene rings is 1. The molecule has 2 aliphatic heterocycles. The van der Waals surface area contributed by atoms with Crippen LogP contribution < -0.4 is 15.5 Å². The van der Waals surface area contributed by atoms with Crippen molar-refractivity contribution in [2.24, 2.45) is 0 Å². The highest BCUT2D eigenvalue weighted by Crippen LogP contribution is 2.21. The highest BCUT2D eigenvalue weighted by molar-refractivity contribution is 5.94. The number of ether oxygens (including phenoxy) is 2. The summed E-state index contributed by atoms with van der Waals surface area (Å²) in [6.07, 6.45) is -0.457. The normalized spacial score (nSPS) is 16.4. The number of nitrogens with zero attached hydrogens (tertiary/aromatic N) is 4. The van der Waals surface area contributed by atoms with Gasteiger partial charge in [-0.2, -0.15) is 4.98 Å². The lowest BCUT2D eigenvalue weighted by molar-refractivity contribution is -0.116. The number of cyclic esters (lactones) is 1. The van der Waals surface area contributed by atoms with Gasteiger partial charge >= 0.3 is 6.09 Å². The van der Waals surface area contributed by atoms with E-state index in [-0.39, 0.29) is 12.5 Å². The first-order valence-corrected chi connectivity index (χ1v) is 9.84. The Morgan fingerprint density at radius 2 is 1.80 bits per heavy atom. The summed E-state index contributed by atoms with van der Waals surface area (Å²) in [4.78, 5) is 36.2. The summed E-state index contributed by atoms with van der Waals surface area (Å²) in [5.74, 6) is 1.12. The number of carbonyl (C=O) groups excluding carboxylic acids is 2. The topological polar surface area (TPSA) is 109 Å². The van der Waals surface area contributed by atoms with Crippen LogP contribution in [0.25, 0.3) is 0 Å². The van der Waals surface area contributed by atoms with Crippen molar-refractivity contribution in [3.8, 4) is 0 Å². The molecule has 2 saturated heterocycles. The Morgan fingerprint density at radius 1 is 1.07 bits per heavy atom. The van der Waals surface area contributed by atoms with E-state index < -0.39 is 6.09 Å². The van der Waals surface area contributed by atoms with Crippen LogP contribution in [0.3, 0.4) is 0 Å². The van der Waals surface area contributed by atoms with E-state index in [0.717, 1.165) is 24.5 Å². The lowest BCUT2D eigenvalue weighted by atomic mass is 10.2. The smallest absolute Gasteiger partial charge is 0.410 e. The van der Waals surface area contributed by atoms with Crippen molar-refractivity contribution in [2.45, 2.75) is 6.92 Å². The van der Waals surface area contributed by atoms with E-state index in [0.29, 0.717) is 43.8 Å². The Bertz CT molecular complexity index is 914. The van der Waals surface area contributed by atoms with Crippen LogP contribution in [-0.4, -0.2) is 72.9 Å². The average molecular weight is 412 g/mol. The fraction of sp³-hybridized carbons (Fsp3) is 0.400. The zero-order valence-corrected chi connectivity index (χ0v) is 16.8. The van der Waals surface area contributed by atoms with Crippen LogP contribution in [0.1, 0.15) is 5.69 Å². The molecule has 2 N–H and O–H groups in total. The maximum absolute atomic E-state index is 12.1. The predicted molar refractivity (Wildman–Crippen MR) is 111 cm³/mol. The molecule has 2 amide bonds. The summed E-state index contributed by atoms with van der Waals surface area (Å²) >= 11 is 0. The van der Waals surface area contributed by atoms with Gasteiger partial charge in [-0.1, -0.05) is 0 Å². The number of morpholine rings is 1. The second kappa shape index (κ2) is 8.95. The summed E-state index contributed by atoms with van der Waals surface area (Å²) in [5.41, 5.74) is 2.35. The fourth-order valence-corrected chi connectivity index (χ4v) is 3.25. The zero-order chi connectivity index (χ0) is 20.9. The number of nitrogens with one attached hydrogen (secondary N) is 2. The SMILES string of the molecule is Cc1cc(Nc2ccc(NC(=O)CN3CCOC3=O)cc2)nc(N2CCOCC2)n1. The first-order valence-electron chi connectivity index (χ1n) is 9.84. The first-order chi connectivity index (χ1) is 14.6. The molecular formula is C20H24N6O4. The van der Waals surface area contributed by atoms with E-state index in [9.17, 15) is 9.59 Å². The van der Waals surface area contributed by atoms with Crippen LogP contribution >= 0.6 is 0 Å². The molecule has 0 unspecified atom stereocenters. The number of anilines is 4. The van der Waals surface area contributed by atoms with Crippen LogP contribution in [0.5, 0.6) is 0 Å². The summed E-state index contributed by atoms with van der Waals surface area (Å²) in [6.45, 7) is 5.55. The number of hydrogen-bond acceptors (Lipinski definition) is 8. The van der Waals surface area contributed by atoms with Crippen LogP contribution in [0.15, 0.2) is 30.3 Å². The third kappa shape index (κ3) is 4.95. The molecule has 1 aromatic heterocycles. The Kier molecular flexibility index (Phi) is 5.94. The molecule has 2 fully saturated rings. The number of carbonyl (C=O) groups is 2. The summed E-state index contributed by atoms with van der Waals surface area (Å²) < 4.78 is 10.2. The quantitative estimate of drug-likeness (QED) is 0.739. The standard InChI is InChI=1S/C20H24N6O4/c1-14-12-17(24-19(21-14)25-6-9-29-10-7-25)22-15-2-4-16(5-3-15)23-18(27)13-26-8-11-30-20(26)28/h2-5,12H,6-11,13H2,1H3,(H,23,27)(H,21,22,24). The minimum atomic E-state index is -0.457. The third-order valence-corrected chi connectivity index (χ3v) is 4.76. The van der Waals surface area contributed by atoms with Gasteiger partial charge in [0.15, 0.2) is 0 Å². The van der Waals surface area contributed by atoms with Gasteiger partial charge in [-0.05, 0) is 31.2 Å². The van der Waals surface area contributed by atoms with Gasteiger partial charge in [-0.25, -0.2) is 9.78 Å². The predicted octanol–water partition coefficient (Wildman–Crippen LogP) is 1.76. The summed E-state index contributed by atoms with van der Waals surface area (Å²) in [7, 11) is 0. The summed E-state index contributed by atoms with van der Waals surface area (Å²) in [5, 5.41) is 6.06. The second-order valence-corrected chi connectivity index (χ2v) is 7.08. The van der Waals surface area contributed by atoms with Crippen molar-refractivity contribution in [3.05, 3.63) is 36.0 Å². The van der Waals surface area contributed by atoms with E-state index in [4.69, 9.17) is 9.47 Å². The molecule has 0 spiro atoms. The molecule has 30 heavy (non-hydrogen) atoms. The second-order valence-electron chi connectivity index (χ2n) is 7.08. The maximum Gasteiger partial charge on any atom is 0.410 e. The number of hydrogen-bond donors (Lipinski definition) is 2. The van der Waals surface area contributed by atoms with Crippen molar-refractivity contribution >= 4 is 35.1 Å². The molecule has 0 atom stereocenters. The fourth-order valence-electron chi connectivity index (χ4n) is 3.25. The van der Waals surface area contributed by atoms with E-state index in [1.807, 2.05) is 25.1 Å². The van der Waals surface area contributed by atoms with Crippen LogP contribution in [0, 0.1) is 6.92 Å². The molecule has 2 aromatic rings. The van der Waals surface area contributed by atoms with E-state index in [1.54, 1.807) is 12.1 Å². The van der Waals surface area contributed by atoms with Gasteiger partial charge in [0.1, 0.15) is 19.0 Å². The van der Waals surface area contributed by atoms with Crippen molar-refractivity contribution in [1.82, 2.24) is 14.9 Å². The highest BCUT2D eigenvalue weighted by atomic mass is 16.6.